The monoisotopic (exact) mass is 993 g/mol. The second-order valence-corrected chi connectivity index (χ2v) is 21.1. The summed E-state index contributed by atoms with van der Waals surface area (Å²) in [6.45, 7) is 14.8. The molecule has 0 aliphatic rings. The minimum atomic E-state index is -0.0464. The predicted octanol–water partition coefficient (Wildman–Crippen LogP) is 16.8. The van der Waals surface area contributed by atoms with Gasteiger partial charge in [0.1, 0.15) is 0 Å². The Morgan fingerprint density at radius 1 is 0.271 bits per heavy atom. The van der Waals surface area contributed by atoms with Gasteiger partial charge in [0.25, 0.3) is 0 Å². The molecule has 0 atom stereocenters. The minimum Gasteiger partial charge on any atom is -0.466 e. The average Bonchev–Trinajstić information content (AvgIpc) is 3.35. The maximum absolute atomic E-state index is 12.5. The van der Waals surface area contributed by atoms with E-state index < -0.39 is 0 Å². The molecule has 9 heteroatoms. The summed E-state index contributed by atoms with van der Waals surface area (Å²) in [5.74, 6) is -0.138. The summed E-state index contributed by atoms with van der Waals surface area (Å²) in [4.78, 5) is 42.4. The molecule has 0 spiro atoms. The number of esters is 3. The molecule has 0 radical (unpaired) electrons. The summed E-state index contributed by atoms with van der Waals surface area (Å²) in [5.41, 5.74) is 0. The number of carbonyl (C=O) groups excluding carboxylic acids is 3. The molecular weight excluding hydrogens is 873 g/mol. The van der Waals surface area contributed by atoms with Gasteiger partial charge in [-0.25, -0.2) is 0 Å². The first-order valence-corrected chi connectivity index (χ1v) is 31.0. The number of ether oxygens (including phenoxy) is 3. The van der Waals surface area contributed by atoms with Gasteiger partial charge in [-0.1, -0.05) is 213 Å². The van der Waals surface area contributed by atoms with E-state index in [1.807, 2.05) is 0 Å². The standard InChI is InChI=1S/C61H120N2O7/c1-4-7-10-13-16-19-22-25-28-42-56-68-59(65)46-34-31-37-49-62(50-38-32-35-47-60(66)69-57-43-29-26-23-20-17-14-11-8-5-2)53-45-54-63(52-40-41-55-64)51-39-33-36-48-61(67)70-58-44-30-27-24-21-18-15-12-9-6-3/h64H,4-58H2,1-3H3. The van der Waals surface area contributed by atoms with Gasteiger partial charge in [-0.2, -0.15) is 0 Å². The molecule has 0 rings (SSSR count). The number of carbonyl (C=O) groups is 3. The molecule has 0 aromatic carbocycles. The normalized spacial score (nSPS) is 11.6. The summed E-state index contributed by atoms with van der Waals surface area (Å²) in [5, 5.41) is 9.48. The van der Waals surface area contributed by atoms with Crippen molar-refractivity contribution in [2.75, 3.05) is 65.7 Å². The molecule has 0 saturated heterocycles. The Kier molecular flexibility index (Phi) is 56.8. The van der Waals surface area contributed by atoms with Crippen molar-refractivity contribution in [3.05, 3.63) is 0 Å². The third-order valence-electron chi connectivity index (χ3n) is 14.2. The first-order chi connectivity index (χ1) is 34.5. The van der Waals surface area contributed by atoms with E-state index in [9.17, 15) is 19.5 Å². The van der Waals surface area contributed by atoms with E-state index in [1.165, 1.54) is 154 Å². The van der Waals surface area contributed by atoms with Gasteiger partial charge in [0.2, 0.25) is 0 Å². The molecule has 0 aromatic heterocycles. The Morgan fingerprint density at radius 3 is 0.743 bits per heavy atom. The molecule has 0 amide bonds. The molecule has 0 saturated carbocycles. The van der Waals surface area contributed by atoms with Crippen LogP contribution in [0.4, 0.5) is 0 Å². The molecule has 0 aromatic rings. The van der Waals surface area contributed by atoms with E-state index in [4.69, 9.17) is 14.2 Å². The van der Waals surface area contributed by atoms with Gasteiger partial charge in [0.05, 0.1) is 19.8 Å². The van der Waals surface area contributed by atoms with Crippen LogP contribution in [0.2, 0.25) is 0 Å². The zero-order valence-corrected chi connectivity index (χ0v) is 47.2. The van der Waals surface area contributed by atoms with Crippen molar-refractivity contribution in [1.29, 1.82) is 0 Å². The van der Waals surface area contributed by atoms with Crippen molar-refractivity contribution in [3.8, 4) is 0 Å². The van der Waals surface area contributed by atoms with Crippen LogP contribution in [-0.2, 0) is 28.6 Å². The van der Waals surface area contributed by atoms with E-state index in [1.54, 1.807) is 0 Å². The van der Waals surface area contributed by atoms with Gasteiger partial charge in [-0.15, -0.1) is 0 Å². The molecule has 0 fully saturated rings. The highest BCUT2D eigenvalue weighted by Crippen LogP contribution is 2.15. The fourth-order valence-corrected chi connectivity index (χ4v) is 9.52. The topological polar surface area (TPSA) is 106 Å². The lowest BCUT2D eigenvalue weighted by Crippen LogP contribution is -2.32. The van der Waals surface area contributed by atoms with Gasteiger partial charge in [0, 0.05) is 25.9 Å². The highest BCUT2D eigenvalue weighted by molar-refractivity contribution is 5.69. The maximum atomic E-state index is 12.5. The van der Waals surface area contributed by atoms with Gasteiger partial charge in [0.15, 0.2) is 0 Å². The highest BCUT2D eigenvalue weighted by Gasteiger charge is 2.11. The van der Waals surface area contributed by atoms with Gasteiger partial charge >= 0.3 is 17.9 Å². The number of rotatable bonds is 59. The summed E-state index contributed by atoms with van der Waals surface area (Å²) in [6, 6.07) is 0. The van der Waals surface area contributed by atoms with Crippen molar-refractivity contribution in [2.45, 2.75) is 310 Å². The lowest BCUT2D eigenvalue weighted by Gasteiger charge is -2.26. The zero-order valence-electron chi connectivity index (χ0n) is 47.2. The third kappa shape index (κ3) is 54.1. The fourth-order valence-electron chi connectivity index (χ4n) is 9.52. The van der Waals surface area contributed by atoms with E-state index in [0.717, 1.165) is 155 Å². The van der Waals surface area contributed by atoms with E-state index >= 15 is 0 Å². The average molecular weight is 994 g/mol. The number of nitrogens with zero attached hydrogens (tertiary/aromatic N) is 2. The lowest BCUT2D eigenvalue weighted by molar-refractivity contribution is -0.144. The number of unbranched alkanes of at least 4 members (excludes halogenated alkanes) is 34. The van der Waals surface area contributed by atoms with Crippen LogP contribution in [0, 0.1) is 0 Å². The minimum absolute atomic E-state index is 0.0457. The van der Waals surface area contributed by atoms with Crippen molar-refractivity contribution in [1.82, 2.24) is 9.80 Å². The van der Waals surface area contributed by atoms with Crippen LogP contribution in [0.3, 0.4) is 0 Å². The summed E-state index contributed by atoms with van der Waals surface area (Å²) < 4.78 is 16.7. The van der Waals surface area contributed by atoms with E-state index in [-0.39, 0.29) is 24.5 Å². The largest absolute Gasteiger partial charge is 0.466 e. The van der Waals surface area contributed by atoms with E-state index in [2.05, 4.69) is 30.6 Å². The van der Waals surface area contributed by atoms with Crippen LogP contribution in [0.25, 0.3) is 0 Å². The molecule has 1 N–H and O–H groups in total. The molecular formula is C61H120N2O7. The van der Waals surface area contributed by atoms with Crippen molar-refractivity contribution in [2.24, 2.45) is 0 Å². The van der Waals surface area contributed by atoms with Crippen LogP contribution < -0.4 is 0 Å². The molecule has 0 unspecified atom stereocenters. The van der Waals surface area contributed by atoms with Gasteiger partial charge in [-0.05, 0) is 116 Å². The molecule has 0 aliphatic carbocycles. The molecule has 9 nitrogen and oxygen atoms in total. The van der Waals surface area contributed by atoms with Crippen LogP contribution in [0.5, 0.6) is 0 Å². The Labute approximate surface area is 435 Å². The fraction of sp³-hybridized carbons (Fsp3) is 0.951. The molecule has 0 aliphatic heterocycles. The predicted molar refractivity (Wildman–Crippen MR) is 298 cm³/mol. The van der Waals surface area contributed by atoms with Gasteiger partial charge in [-0.3, -0.25) is 14.4 Å². The molecule has 416 valence electrons. The molecule has 70 heavy (non-hydrogen) atoms. The second kappa shape index (κ2) is 58.2. The highest BCUT2D eigenvalue weighted by atomic mass is 16.5. The first kappa shape index (κ1) is 68.3. The Balaban J connectivity index is 4.62. The van der Waals surface area contributed by atoms with Crippen molar-refractivity contribution >= 4 is 17.9 Å². The Morgan fingerprint density at radius 2 is 0.486 bits per heavy atom. The van der Waals surface area contributed by atoms with Crippen molar-refractivity contribution in [3.63, 3.8) is 0 Å². The molecule has 0 heterocycles. The summed E-state index contributed by atoms with van der Waals surface area (Å²) in [7, 11) is 0. The maximum Gasteiger partial charge on any atom is 0.305 e. The smallest absolute Gasteiger partial charge is 0.305 e. The third-order valence-corrected chi connectivity index (χ3v) is 14.2. The van der Waals surface area contributed by atoms with Crippen LogP contribution in [0.1, 0.15) is 310 Å². The Bertz CT molecular complexity index is 1030. The lowest BCUT2D eigenvalue weighted by atomic mass is 10.1. The van der Waals surface area contributed by atoms with Crippen LogP contribution in [-0.4, -0.2) is 98.5 Å². The molecule has 0 bridgehead atoms. The van der Waals surface area contributed by atoms with Crippen LogP contribution in [0.15, 0.2) is 0 Å². The number of hydrogen-bond donors (Lipinski definition) is 1. The summed E-state index contributed by atoms with van der Waals surface area (Å²) in [6.07, 6.45) is 51.7. The summed E-state index contributed by atoms with van der Waals surface area (Å²) >= 11 is 0. The number of aliphatic hydroxyl groups excluding tert-OH is 1. The Hall–Kier alpha value is -1.71. The second-order valence-electron chi connectivity index (χ2n) is 21.1. The first-order valence-electron chi connectivity index (χ1n) is 31.0. The zero-order chi connectivity index (χ0) is 50.9. The van der Waals surface area contributed by atoms with Gasteiger partial charge < -0.3 is 29.1 Å². The number of hydrogen-bond acceptors (Lipinski definition) is 9. The van der Waals surface area contributed by atoms with E-state index in [0.29, 0.717) is 39.1 Å². The van der Waals surface area contributed by atoms with Crippen LogP contribution >= 0.6 is 0 Å². The van der Waals surface area contributed by atoms with Crippen molar-refractivity contribution < 1.29 is 33.7 Å². The SMILES string of the molecule is CCCCCCCCCCCCOC(=O)CCCCCN(CCCCO)CCCN(CCCCCC(=O)OCCCCCCCCCCCC)CCCCCC(=O)OCCCCCCCCCCCC. The quantitative estimate of drug-likeness (QED) is 0.0362. The number of aliphatic hydroxyl groups is 1.